The summed E-state index contributed by atoms with van der Waals surface area (Å²) in [6, 6.07) is 15.6. The zero-order chi connectivity index (χ0) is 21.3. The summed E-state index contributed by atoms with van der Waals surface area (Å²) < 4.78 is 9.99. The largest absolute Gasteiger partial charge is 0.497 e. The highest BCUT2D eigenvalue weighted by Gasteiger charge is 2.23. The van der Waals surface area contributed by atoms with Gasteiger partial charge in [0, 0.05) is 5.41 Å². The maximum absolute atomic E-state index is 10.3. The predicted octanol–water partition coefficient (Wildman–Crippen LogP) is 7.03. The van der Waals surface area contributed by atoms with Crippen LogP contribution < -0.4 is 9.47 Å². The highest BCUT2D eigenvalue weighted by Crippen LogP contribution is 2.33. The molecule has 2 rings (SSSR count). The van der Waals surface area contributed by atoms with Crippen LogP contribution in [0.5, 0.6) is 11.5 Å². The van der Waals surface area contributed by atoms with Crippen molar-refractivity contribution in [3.8, 4) is 11.5 Å². The molecule has 0 N–H and O–H groups in total. The van der Waals surface area contributed by atoms with Crippen molar-refractivity contribution in [3.05, 3.63) is 59.7 Å². The standard InChI is InChI=1S/C17H18O3.C3H8.2C2H6/c1-17(2,13-4-8-15(19-3)9-5-13)14-6-10-16(11-7-14)20-12-18;1-3-2;2*1-2/h4-12H,1-3H3;3H2,1-2H3;2*1-2H3. The normalized spacial score (nSPS) is 9.22. The van der Waals surface area contributed by atoms with Crippen LogP contribution in [0.15, 0.2) is 48.5 Å². The fourth-order valence-corrected chi connectivity index (χ4v) is 2.18. The molecule has 2 aromatic carbocycles. The Balaban J connectivity index is 0. The highest BCUT2D eigenvalue weighted by atomic mass is 16.5. The average molecular weight is 375 g/mol. The first-order valence-electron chi connectivity index (χ1n) is 9.84. The summed E-state index contributed by atoms with van der Waals surface area (Å²) in [5.74, 6) is 1.40. The molecule has 0 bridgehead atoms. The molecule has 152 valence electrons. The van der Waals surface area contributed by atoms with Gasteiger partial charge >= 0.3 is 0 Å². The van der Waals surface area contributed by atoms with E-state index in [0.29, 0.717) is 12.2 Å². The van der Waals surface area contributed by atoms with Crippen LogP contribution in [0.3, 0.4) is 0 Å². The molecule has 0 saturated heterocycles. The molecule has 0 aliphatic heterocycles. The van der Waals surface area contributed by atoms with E-state index in [1.54, 1.807) is 19.2 Å². The Bertz CT molecular complexity index is 584. The first-order chi connectivity index (χ1) is 13.0. The van der Waals surface area contributed by atoms with E-state index in [2.05, 4.69) is 39.8 Å². The second-order valence-corrected chi connectivity index (χ2v) is 5.80. The first-order valence-corrected chi connectivity index (χ1v) is 9.84. The number of hydrogen-bond acceptors (Lipinski definition) is 3. The van der Waals surface area contributed by atoms with E-state index in [0.717, 1.165) is 11.3 Å². The van der Waals surface area contributed by atoms with Crippen molar-refractivity contribution in [1.29, 1.82) is 0 Å². The van der Waals surface area contributed by atoms with Gasteiger partial charge < -0.3 is 9.47 Å². The van der Waals surface area contributed by atoms with Crippen molar-refractivity contribution in [2.45, 2.75) is 67.2 Å². The van der Waals surface area contributed by atoms with Gasteiger partial charge in [0.15, 0.2) is 0 Å². The number of rotatable bonds is 5. The molecular formula is C24H38O3. The molecule has 0 radical (unpaired) electrons. The number of benzene rings is 2. The van der Waals surface area contributed by atoms with Gasteiger partial charge in [0.05, 0.1) is 7.11 Å². The monoisotopic (exact) mass is 374 g/mol. The van der Waals surface area contributed by atoms with E-state index in [-0.39, 0.29) is 5.41 Å². The third-order valence-corrected chi connectivity index (χ3v) is 3.57. The van der Waals surface area contributed by atoms with Gasteiger partial charge in [-0.2, -0.15) is 0 Å². The molecule has 0 saturated carbocycles. The summed E-state index contributed by atoms with van der Waals surface area (Å²) in [6.07, 6.45) is 1.25. The van der Waals surface area contributed by atoms with Crippen molar-refractivity contribution in [3.63, 3.8) is 0 Å². The topological polar surface area (TPSA) is 35.5 Å². The molecule has 0 unspecified atom stereocenters. The Hall–Kier alpha value is -2.29. The van der Waals surface area contributed by atoms with Crippen molar-refractivity contribution < 1.29 is 14.3 Å². The quantitative estimate of drug-likeness (QED) is 0.527. The highest BCUT2D eigenvalue weighted by molar-refractivity contribution is 5.47. The lowest BCUT2D eigenvalue weighted by Crippen LogP contribution is -2.18. The summed E-state index contributed by atoms with van der Waals surface area (Å²) >= 11 is 0. The van der Waals surface area contributed by atoms with Crippen molar-refractivity contribution in [2.24, 2.45) is 0 Å². The molecule has 0 amide bonds. The first kappa shape index (κ1) is 26.9. The Kier molecular flexibility index (Phi) is 15.9. The fourth-order valence-electron chi connectivity index (χ4n) is 2.18. The second kappa shape index (κ2) is 15.9. The lowest BCUT2D eigenvalue weighted by molar-refractivity contribution is -0.120. The smallest absolute Gasteiger partial charge is 0.298 e. The summed E-state index contributed by atoms with van der Waals surface area (Å²) in [4.78, 5) is 10.3. The zero-order valence-electron chi connectivity index (χ0n) is 18.6. The molecule has 0 aliphatic carbocycles. The van der Waals surface area contributed by atoms with Gasteiger partial charge in [0.25, 0.3) is 6.47 Å². The molecule has 2 aromatic rings. The van der Waals surface area contributed by atoms with Crippen molar-refractivity contribution in [1.82, 2.24) is 0 Å². The SMILES string of the molecule is CC.CC.CCC.COc1ccc(C(C)(C)c2ccc(OC=O)cc2)cc1. The number of carbonyl (C=O) groups is 1. The second-order valence-electron chi connectivity index (χ2n) is 5.80. The van der Waals surface area contributed by atoms with Crippen LogP contribution in [0.1, 0.15) is 72.9 Å². The van der Waals surface area contributed by atoms with Crippen LogP contribution in [-0.2, 0) is 10.2 Å². The summed E-state index contributed by atoms with van der Waals surface area (Å²) in [7, 11) is 1.66. The number of carbonyl (C=O) groups excluding carboxylic acids is 1. The van der Waals surface area contributed by atoms with Gasteiger partial charge in [-0.3, -0.25) is 4.79 Å². The Morgan fingerprint density at radius 1 is 0.778 bits per heavy atom. The zero-order valence-corrected chi connectivity index (χ0v) is 18.6. The lowest BCUT2D eigenvalue weighted by Gasteiger charge is -2.26. The molecule has 0 atom stereocenters. The maximum Gasteiger partial charge on any atom is 0.298 e. The molecule has 0 heterocycles. The minimum Gasteiger partial charge on any atom is -0.497 e. The third-order valence-electron chi connectivity index (χ3n) is 3.57. The summed E-state index contributed by atoms with van der Waals surface area (Å²) in [6.45, 7) is 17.0. The average Bonchev–Trinajstić information content (AvgIpc) is 2.72. The van der Waals surface area contributed by atoms with Crippen LogP contribution in [0, 0.1) is 0 Å². The Morgan fingerprint density at radius 2 is 1.11 bits per heavy atom. The van der Waals surface area contributed by atoms with Crippen molar-refractivity contribution in [2.75, 3.05) is 7.11 Å². The molecule has 3 nitrogen and oxygen atoms in total. The van der Waals surface area contributed by atoms with E-state index in [1.165, 1.54) is 12.0 Å². The Labute approximate surface area is 166 Å². The molecule has 0 spiro atoms. The van der Waals surface area contributed by atoms with Gasteiger partial charge in [-0.1, -0.05) is 86.1 Å². The maximum atomic E-state index is 10.3. The molecule has 0 aromatic heterocycles. The van der Waals surface area contributed by atoms with Crippen LogP contribution in [0.25, 0.3) is 0 Å². The summed E-state index contributed by atoms with van der Waals surface area (Å²) in [5, 5.41) is 0. The van der Waals surface area contributed by atoms with E-state index >= 15 is 0 Å². The van der Waals surface area contributed by atoms with E-state index in [1.807, 2.05) is 52.0 Å². The molecular weight excluding hydrogens is 336 g/mol. The van der Waals surface area contributed by atoms with E-state index in [9.17, 15) is 4.79 Å². The Morgan fingerprint density at radius 3 is 1.41 bits per heavy atom. The van der Waals surface area contributed by atoms with Crippen molar-refractivity contribution >= 4 is 6.47 Å². The van der Waals surface area contributed by atoms with E-state index in [4.69, 9.17) is 9.47 Å². The minimum absolute atomic E-state index is 0.133. The number of hydrogen-bond donors (Lipinski definition) is 0. The molecule has 0 fully saturated rings. The minimum atomic E-state index is -0.133. The molecule has 0 aliphatic rings. The summed E-state index contributed by atoms with van der Waals surface area (Å²) in [5.41, 5.74) is 2.22. The van der Waals surface area contributed by atoms with Gasteiger partial charge in [-0.05, 0) is 35.4 Å². The lowest BCUT2D eigenvalue weighted by atomic mass is 9.78. The number of methoxy groups -OCH3 is 1. The van der Waals surface area contributed by atoms with Crippen LogP contribution in [0.4, 0.5) is 0 Å². The van der Waals surface area contributed by atoms with Crippen LogP contribution >= 0.6 is 0 Å². The predicted molar refractivity (Wildman–Crippen MR) is 117 cm³/mol. The fraction of sp³-hybridized carbons (Fsp3) is 0.458. The third kappa shape index (κ3) is 9.28. The van der Waals surface area contributed by atoms with Crippen LogP contribution in [-0.4, -0.2) is 13.6 Å². The van der Waals surface area contributed by atoms with Gasteiger partial charge in [0.2, 0.25) is 0 Å². The van der Waals surface area contributed by atoms with Crippen LogP contribution in [0.2, 0.25) is 0 Å². The van der Waals surface area contributed by atoms with Gasteiger partial charge in [-0.25, -0.2) is 0 Å². The van der Waals surface area contributed by atoms with Gasteiger partial charge in [-0.15, -0.1) is 0 Å². The number of ether oxygens (including phenoxy) is 2. The molecule has 27 heavy (non-hydrogen) atoms. The van der Waals surface area contributed by atoms with Gasteiger partial charge in [0.1, 0.15) is 11.5 Å². The molecule has 3 heteroatoms. The van der Waals surface area contributed by atoms with E-state index < -0.39 is 0 Å².